The van der Waals surface area contributed by atoms with Crippen LogP contribution < -0.4 is 10.3 Å². The molecule has 0 saturated heterocycles. The van der Waals surface area contributed by atoms with Gasteiger partial charge in [-0.15, -0.1) is 0 Å². The van der Waals surface area contributed by atoms with E-state index in [4.69, 9.17) is 11.6 Å². The molecule has 26 heavy (non-hydrogen) atoms. The highest BCUT2D eigenvalue weighted by molar-refractivity contribution is 7.92. The lowest BCUT2D eigenvalue weighted by atomic mass is 10.1. The number of nitrogens with one attached hydrogen (secondary N) is 2. The van der Waals surface area contributed by atoms with Crippen LogP contribution in [0.25, 0.3) is 11.3 Å². The van der Waals surface area contributed by atoms with Gasteiger partial charge in [-0.25, -0.2) is 13.5 Å². The van der Waals surface area contributed by atoms with Gasteiger partial charge in [0.2, 0.25) is 0 Å². The fraction of sp³-hybridized carbons (Fsp3) is 0.111. The second-order valence-corrected chi connectivity index (χ2v) is 7.93. The normalized spacial score (nSPS) is 11.3. The van der Waals surface area contributed by atoms with E-state index in [0.29, 0.717) is 16.9 Å². The maximum atomic E-state index is 12.8. The third-order valence-corrected chi connectivity index (χ3v) is 5.67. The number of halogens is 1. The van der Waals surface area contributed by atoms with Crippen LogP contribution in [0.4, 0.5) is 5.69 Å². The van der Waals surface area contributed by atoms with Gasteiger partial charge in [0, 0.05) is 11.6 Å². The van der Waals surface area contributed by atoms with E-state index < -0.39 is 10.0 Å². The van der Waals surface area contributed by atoms with Gasteiger partial charge in [-0.05, 0) is 43.7 Å². The zero-order valence-electron chi connectivity index (χ0n) is 14.1. The number of aryl methyl sites for hydroxylation is 2. The molecule has 1 heterocycles. The number of benzene rings is 2. The molecule has 0 aliphatic carbocycles. The molecule has 3 aromatic rings. The first kappa shape index (κ1) is 18.2. The van der Waals surface area contributed by atoms with Gasteiger partial charge in [-0.1, -0.05) is 35.4 Å². The fourth-order valence-electron chi connectivity index (χ4n) is 2.50. The van der Waals surface area contributed by atoms with Crippen molar-refractivity contribution < 1.29 is 8.42 Å². The van der Waals surface area contributed by atoms with Crippen LogP contribution in [0.15, 0.2) is 58.2 Å². The van der Waals surface area contributed by atoms with Crippen LogP contribution in [0.3, 0.4) is 0 Å². The number of aromatic amines is 1. The third-order valence-electron chi connectivity index (χ3n) is 3.82. The predicted octanol–water partition coefficient (Wildman–Crippen LogP) is 3.51. The van der Waals surface area contributed by atoms with Gasteiger partial charge in [0.1, 0.15) is 4.90 Å². The molecule has 6 nitrogen and oxygen atoms in total. The summed E-state index contributed by atoms with van der Waals surface area (Å²) in [7, 11) is -3.90. The number of rotatable bonds is 4. The Hall–Kier alpha value is -2.64. The average molecular weight is 390 g/mol. The molecule has 3 rings (SSSR count). The van der Waals surface area contributed by atoms with Gasteiger partial charge in [0.25, 0.3) is 15.6 Å². The van der Waals surface area contributed by atoms with Crippen molar-refractivity contribution >= 4 is 27.3 Å². The highest BCUT2D eigenvalue weighted by atomic mass is 35.5. The number of hydrogen-bond donors (Lipinski definition) is 2. The first-order valence-electron chi connectivity index (χ1n) is 7.72. The highest BCUT2D eigenvalue weighted by Gasteiger charge is 2.20. The molecule has 0 aliphatic rings. The standard InChI is InChI=1S/C18H16ClN3O3S/c1-11-3-6-15(12(2)9-11)22-26(24,25)17-10-13(4-5-14(17)19)16-7-8-18(23)21-20-16/h3-10,22H,1-2H3,(H,21,23). The minimum atomic E-state index is -3.90. The molecule has 0 aliphatic heterocycles. The monoisotopic (exact) mass is 389 g/mol. The van der Waals surface area contributed by atoms with Crippen LogP contribution in [0.5, 0.6) is 0 Å². The lowest BCUT2D eigenvalue weighted by Crippen LogP contribution is -2.14. The van der Waals surface area contributed by atoms with E-state index in [9.17, 15) is 13.2 Å². The summed E-state index contributed by atoms with van der Waals surface area (Å²) in [4.78, 5) is 11.1. The van der Waals surface area contributed by atoms with E-state index in [0.717, 1.165) is 11.1 Å². The van der Waals surface area contributed by atoms with Gasteiger partial charge in [0.05, 0.1) is 16.4 Å². The minimum Gasteiger partial charge on any atom is -0.279 e. The van der Waals surface area contributed by atoms with Crippen molar-refractivity contribution in [2.75, 3.05) is 4.72 Å². The zero-order valence-corrected chi connectivity index (χ0v) is 15.6. The number of nitrogens with zero attached hydrogens (tertiary/aromatic N) is 1. The average Bonchev–Trinajstić information content (AvgIpc) is 2.58. The van der Waals surface area contributed by atoms with Crippen LogP contribution >= 0.6 is 11.6 Å². The number of H-pyrrole nitrogens is 1. The summed E-state index contributed by atoms with van der Waals surface area (Å²) in [5.41, 5.74) is 2.94. The smallest absolute Gasteiger partial charge is 0.264 e. The Morgan fingerprint density at radius 1 is 1.04 bits per heavy atom. The number of sulfonamides is 1. The van der Waals surface area contributed by atoms with Crippen LogP contribution in [0.2, 0.25) is 5.02 Å². The lowest BCUT2D eigenvalue weighted by molar-refractivity contribution is 0.601. The summed E-state index contributed by atoms with van der Waals surface area (Å²) >= 11 is 6.13. The molecule has 0 radical (unpaired) electrons. The van der Waals surface area contributed by atoms with E-state index in [2.05, 4.69) is 14.9 Å². The summed E-state index contributed by atoms with van der Waals surface area (Å²) in [6, 6.07) is 12.8. The summed E-state index contributed by atoms with van der Waals surface area (Å²) in [5.74, 6) is 0. The van der Waals surface area contributed by atoms with Crippen LogP contribution in [0.1, 0.15) is 11.1 Å². The van der Waals surface area contributed by atoms with Crippen molar-refractivity contribution in [2.45, 2.75) is 18.7 Å². The van der Waals surface area contributed by atoms with E-state index >= 15 is 0 Å². The molecule has 8 heteroatoms. The van der Waals surface area contributed by atoms with Gasteiger partial charge >= 0.3 is 0 Å². The van der Waals surface area contributed by atoms with Crippen LogP contribution in [0, 0.1) is 13.8 Å². The van der Waals surface area contributed by atoms with Gasteiger partial charge < -0.3 is 0 Å². The van der Waals surface area contributed by atoms with E-state index in [-0.39, 0.29) is 15.5 Å². The minimum absolute atomic E-state index is 0.0651. The Morgan fingerprint density at radius 2 is 1.81 bits per heavy atom. The topological polar surface area (TPSA) is 91.9 Å². The molecule has 2 N–H and O–H groups in total. The summed E-state index contributed by atoms with van der Waals surface area (Å²) in [6.45, 7) is 3.76. The molecule has 134 valence electrons. The summed E-state index contributed by atoms with van der Waals surface area (Å²) < 4.78 is 28.2. The molecule has 0 saturated carbocycles. The molecule has 2 aromatic carbocycles. The molecule has 1 aromatic heterocycles. The molecule has 0 atom stereocenters. The molecule has 0 bridgehead atoms. The highest BCUT2D eigenvalue weighted by Crippen LogP contribution is 2.29. The van der Waals surface area contributed by atoms with Gasteiger partial charge in [-0.3, -0.25) is 9.52 Å². The van der Waals surface area contributed by atoms with Crippen LogP contribution in [-0.4, -0.2) is 18.6 Å². The maximum absolute atomic E-state index is 12.8. The largest absolute Gasteiger partial charge is 0.279 e. The Bertz CT molecular complexity index is 1120. The van der Waals surface area contributed by atoms with Gasteiger partial charge in [-0.2, -0.15) is 5.10 Å². The van der Waals surface area contributed by atoms with Crippen LogP contribution in [-0.2, 0) is 10.0 Å². The Morgan fingerprint density at radius 3 is 2.46 bits per heavy atom. The second-order valence-electron chi connectivity index (χ2n) is 5.88. The van der Waals surface area contributed by atoms with Crippen molar-refractivity contribution in [3.8, 4) is 11.3 Å². The van der Waals surface area contributed by atoms with Crippen molar-refractivity contribution in [2.24, 2.45) is 0 Å². The summed E-state index contributed by atoms with van der Waals surface area (Å²) in [5, 5.41) is 6.33. The van der Waals surface area contributed by atoms with Crippen molar-refractivity contribution in [1.82, 2.24) is 10.2 Å². The van der Waals surface area contributed by atoms with E-state index in [1.807, 2.05) is 26.0 Å². The quantitative estimate of drug-likeness (QED) is 0.714. The fourth-order valence-corrected chi connectivity index (χ4v) is 4.16. The first-order valence-corrected chi connectivity index (χ1v) is 9.58. The molecule has 0 spiro atoms. The number of aromatic nitrogens is 2. The predicted molar refractivity (Wildman–Crippen MR) is 102 cm³/mol. The van der Waals surface area contributed by atoms with E-state index in [1.54, 1.807) is 12.1 Å². The Balaban J connectivity index is 2.02. The lowest BCUT2D eigenvalue weighted by Gasteiger charge is -2.13. The number of hydrogen-bond acceptors (Lipinski definition) is 4. The molecule has 0 fully saturated rings. The SMILES string of the molecule is Cc1ccc(NS(=O)(=O)c2cc(-c3ccc(=O)[nH]n3)ccc2Cl)c(C)c1. The zero-order chi connectivity index (χ0) is 18.9. The van der Waals surface area contributed by atoms with Crippen molar-refractivity contribution in [1.29, 1.82) is 0 Å². The van der Waals surface area contributed by atoms with Gasteiger partial charge in [0.15, 0.2) is 0 Å². The molecular weight excluding hydrogens is 374 g/mol. The Labute approximate surface area is 155 Å². The van der Waals surface area contributed by atoms with E-state index in [1.165, 1.54) is 24.3 Å². The second kappa shape index (κ2) is 6.93. The Kier molecular flexibility index (Phi) is 4.84. The molecule has 0 unspecified atom stereocenters. The third kappa shape index (κ3) is 3.79. The maximum Gasteiger partial charge on any atom is 0.264 e. The first-order chi connectivity index (χ1) is 12.3. The summed E-state index contributed by atoms with van der Waals surface area (Å²) in [6.07, 6.45) is 0. The number of anilines is 1. The van der Waals surface area contributed by atoms with Crippen molar-refractivity contribution in [3.05, 3.63) is 75.0 Å². The molecule has 0 amide bonds. The molecular formula is C18H16ClN3O3S. The van der Waals surface area contributed by atoms with Crippen molar-refractivity contribution in [3.63, 3.8) is 0 Å².